The van der Waals surface area contributed by atoms with Crippen LogP contribution in [0.25, 0.3) is 0 Å². The van der Waals surface area contributed by atoms with Gasteiger partial charge in [0, 0.05) is 31.5 Å². The molecule has 1 N–H and O–H groups in total. The largest absolute Gasteiger partial charge is 0.381 e. The minimum atomic E-state index is 0.288. The SMILES string of the molecule is CCC1(CC)[C@@H](NCc2nnc3n2CCCCC3)C[C@@H]1OC. The lowest BCUT2D eigenvalue weighted by Crippen LogP contribution is -2.63. The number of rotatable bonds is 6. The molecule has 22 heavy (non-hydrogen) atoms. The Morgan fingerprint density at radius 1 is 1.23 bits per heavy atom. The van der Waals surface area contributed by atoms with Crippen molar-refractivity contribution in [3.05, 3.63) is 11.6 Å². The highest BCUT2D eigenvalue weighted by molar-refractivity contribution is 5.07. The van der Waals surface area contributed by atoms with Crippen molar-refractivity contribution in [3.8, 4) is 0 Å². The number of hydrogen-bond acceptors (Lipinski definition) is 4. The molecule has 5 nitrogen and oxygen atoms in total. The van der Waals surface area contributed by atoms with Crippen LogP contribution in [0.3, 0.4) is 0 Å². The zero-order chi connectivity index (χ0) is 15.6. The van der Waals surface area contributed by atoms with Crippen molar-refractivity contribution in [2.75, 3.05) is 7.11 Å². The quantitative estimate of drug-likeness (QED) is 0.878. The first-order chi connectivity index (χ1) is 10.7. The number of nitrogens with one attached hydrogen (secondary N) is 1. The number of aryl methyl sites for hydroxylation is 1. The molecule has 3 rings (SSSR count). The fourth-order valence-corrected chi connectivity index (χ4v) is 4.45. The van der Waals surface area contributed by atoms with E-state index in [1.165, 1.54) is 25.1 Å². The van der Waals surface area contributed by atoms with Crippen LogP contribution in [0.15, 0.2) is 0 Å². The smallest absolute Gasteiger partial charge is 0.147 e. The molecule has 5 heteroatoms. The number of nitrogens with zero attached hydrogens (tertiary/aromatic N) is 3. The average molecular weight is 306 g/mol. The van der Waals surface area contributed by atoms with E-state index in [2.05, 4.69) is 33.9 Å². The van der Waals surface area contributed by atoms with Crippen LogP contribution in [0.1, 0.15) is 64.0 Å². The Morgan fingerprint density at radius 3 is 2.77 bits per heavy atom. The predicted octanol–water partition coefficient (Wildman–Crippen LogP) is 2.69. The molecule has 1 aromatic rings. The lowest BCUT2D eigenvalue weighted by Gasteiger charge is -2.55. The second kappa shape index (κ2) is 6.67. The number of ether oxygens (including phenoxy) is 1. The third-order valence-corrected chi connectivity index (χ3v) is 6.08. The molecule has 0 bridgehead atoms. The Bertz CT molecular complexity index is 495. The van der Waals surface area contributed by atoms with Gasteiger partial charge < -0.3 is 14.6 Å². The zero-order valence-corrected chi connectivity index (χ0v) is 14.3. The summed E-state index contributed by atoms with van der Waals surface area (Å²) in [6.07, 6.45) is 8.73. The summed E-state index contributed by atoms with van der Waals surface area (Å²) in [7, 11) is 1.85. The van der Waals surface area contributed by atoms with E-state index >= 15 is 0 Å². The molecule has 2 atom stereocenters. The van der Waals surface area contributed by atoms with E-state index in [0.29, 0.717) is 12.1 Å². The highest BCUT2D eigenvalue weighted by atomic mass is 16.5. The minimum Gasteiger partial charge on any atom is -0.381 e. The lowest BCUT2D eigenvalue weighted by molar-refractivity contribution is -0.124. The standard InChI is InChI=1S/C17H30N4O/c1-4-17(5-2)13(11-14(17)22-3)18-12-16-20-19-15-9-7-6-8-10-21(15)16/h13-14,18H,4-12H2,1-3H3/t13-,14-/m0/s1. The van der Waals surface area contributed by atoms with Gasteiger partial charge in [-0.05, 0) is 32.1 Å². The Hall–Kier alpha value is -0.940. The van der Waals surface area contributed by atoms with Crippen LogP contribution in [0.2, 0.25) is 0 Å². The van der Waals surface area contributed by atoms with Crippen LogP contribution in [0.4, 0.5) is 0 Å². The summed E-state index contributed by atoms with van der Waals surface area (Å²) in [4.78, 5) is 0. The van der Waals surface area contributed by atoms with Crippen molar-refractivity contribution >= 4 is 0 Å². The Balaban J connectivity index is 1.65. The van der Waals surface area contributed by atoms with Crippen LogP contribution >= 0.6 is 0 Å². The molecule has 1 aromatic heterocycles. The van der Waals surface area contributed by atoms with Crippen LogP contribution in [0, 0.1) is 5.41 Å². The summed E-state index contributed by atoms with van der Waals surface area (Å²) in [5.41, 5.74) is 0.288. The van der Waals surface area contributed by atoms with E-state index in [4.69, 9.17) is 4.74 Å². The van der Waals surface area contributed by atoms with Gasteiger partial charge in [0.2, 0.25) is 0 Å². The van der Waals surface area contributed by atoms with Crippen molar-refractivity contribution in [1.29, 1.82) is 0 Å². The van der Waals surface area contributed by atoms with Gasteiger partial charge in [0.15, 0.2) is 0 Å². The van der Waals surface area contributed by atoms with E-state index in [-0.39, 0.29) is 5.41 Å². The van der Waals surface area contributed by atoms with Gasteiger partial charge in [0.1, 0.15) is 11.6 Å². The van der Waals surface area contributed by atoms with Gasteiger partial charge >= 0.3 is 0 Å². The van der Waals surface area contributed by atoms with Gasteiger partial charge in [0.05, 0.1) is 12.6 Å². The van der Waals surface area contributed by atoms with Crippen LogP contribution in [0.5, 0.6) is 0 Å². The van der Waals surface area contributed by atoms with E-state index in [0.717, 1.165) is 44.6 Å². The van der Waals surface area contributed by atoms with Gasteiger partial charge in [-0.1, -0.05) is 20.3 Å². The highest BCUT2D eigenvalue weighted by Crippen LogP contribution is 2.48. The first-order valence-corrected chi connectivity index (χ1v) is 8.92. The molecule has 124 valence electrons. The van der Waals surface area contributed by atoms with Crippen molar-refractivity contribution in [1.82, 2.24) is 20.1 Å². The third-order valence-electron chi connectivity index (χ3n) is 6.08. The molecule has 1 fully saturated rings. The van der Waals surface area contributed by atoms with Crippen molar-refractivity contribution in [2.24, 2.45) is 5.41 Å². The maximum absolute atomic E-state index is 5.69. The van der Waals surface area contributed by atoms with E-state index in [1.54, 1.807) is 0 Å². The number of fused-ring (bicyclic) bond motifs is 1. The maximum Gasteiger partial charge on any atom is 0.147 e. The summed E-state index contributed by atoms with van der Waals surface area (Å²) in [5, 5.41) is 12.6. The number of aromatic nitrogens is 3. The Morgan fingerprint density at radius 2 is 2.05 bits per heavy atom. The molecule has 0 radical (unpaired) electrons. The number of hydrogen-bond donors (Lipinski definition) is 1. The second-order valence-corrected chi connectivity index (χ2v) is 6.83. The van der Waals surface area contributed by atoms with E-state index in [1.807, 2.05) is 7.11 Å². The Labute approximate surface area is 133 Å². The van der Waals surface area contributed by atoms with Gasteiger partial charge in [-0.3, -0.25) is 0 Å². The maximum atomic E-state index is 5.69. The molecule has 1 aliphatic carbocycles. The summed E-state index contributed by atoms with van der Waals surface area (Å²) < 4.78 is 8.02. The topological polar surface area (TPSA) is 52.0 Å². The predicted molar refractivity (Wildman–Crippen MR) is 86.6 cm³/mol. The fourth-order valence-electron chi connectivity index (χ4n) is 4.45. The van der Waals surface area contributed by atoms with Crippen molar-refractivity contribution in [2.45, 2.75) is 84.0 Å². The Kier molecular flexibility index (Phi) is 4.83. The summed E-state index contributed by atoms with van der Waals surface area (Å²) in [5.74, 6) is 2.29. The summed E-state index contributed by atoms with van der Waals surface area (Å²) >= 11 is 0. The van der Waals surface area contributed by atoms with Gasteiger partial charge in [-0.15, -0.1) is 10.2 Å². The fraction of sp³-hybridized carbons (Fsp3) is 0.882. The van der Waals surface area contributed by atoms with Crippen LogP contribution in [-0.4, -0.2) is 34.0 Å². The summed E-state index contributed by atoms with van der Waals surface area (Å²) in [6.45, 7) is 6.48. The average Bonchev–Trinajstić information content (AvgIpc) is 2.75. The highest BCUT2D eigenvalue weighted by Gasteiger charge is 2.52. The molecule has 2 aliphatic rings. The minimum absolute atomic E-state index is 0.288. The molecule has 1 aliphatic heterocycles. The van der Waals surface area contributed by atoms with E-state index in [9.17, 15) is 0 Å². The molecule has 2 heterocycles. The lowest BCUT2D eigenvalue weighted by atomic mass is 9.58. The van der Waals surface area contributed by atoms with Crippen LogP contribution in [-0.2, 0) is 24.2 Å². The van der Waals surface area contributed by atoms with Crippen molar-refractivity contribution < 1.29 is 4.74 Å². The van der Waals surface area contributed by atoms with Crippen LogP contribution < -0.4 is 5.32 Å². The molecule has 1 saturated carbocycles. The van der Waals surface area contributed by atoms with E-state index < -0.39 is 0 Å². The monoisotopic (exact) mass is 306 g/mol. The second-order valence-electron chi connectivity index (χ2n) is 6.83. The van der Waals surface area contributed by atoms with Gasteiger partial charge in [-0.25, -0.2) is 0 Å². The molecule has 0 unspecified atom stereocenters. The zero-order valence-electron chi connectivity index (χ0n) is 14.3. The van der Waals surface area contributed by atoms with Gasteiger partial charge in [0.25, 0.3) is 0 Å². The van der Waals surface area contributed by atoms with Gasteiger partial charge in [-0.2, -0.15) is 0 Å². The van der Waals surface area contributed by atoms with Crippen molar-refractivity contribution in [3.63, 3.8) is 0 Å². The molecular weight excluding hydrogens is 276 g/mol. The molecule has 0 aromatic carbocycles. The third kappa shape index (κ3) is 2.58. The number of methoxy groups -OCH3 is 1. The molecule has 0 spiro atoms. The molecular formula is C17H30N4O. The molecule has 0 saturated heterocycles. The first kappa shape index (κ1) is 15.9. The summed E-state index contributed by atoms with van der Waals surface area (Å²) in [6, 6.07) is 0.533. The normalized spacial score (nSPS) is 27.0. The first-order valence-electron chi connectivity index (χ1n) is 8.92. The molecule has 0 amide bonds.